The summed E-state index contributed by atoms with van der Waals surface area (Å²) < 4.78 is 13.1. The highest BCUT2D eigenvalue weighted by molar-refractivity contribution is 7.12. The Morgan fingerprint density at radius 3 is 2.30 bits per heavy atom. The third-order valence-corrected chi connectivity index (χ3v) is 4.78. The van der Waals surface area contributed by atoms with Gasteiger partial charge in [0.15, 0.2) is 0 Å². The highest BCUT2D eigenvalue weighted by Gasteiger charge is 2.16. The number of aryl methyl sites for hydroxylation is 2. The van der Waals surface area contributed by atoms with E-state index in [0.717, 1.165) is 5.56 Å². The molecule has 20 heavy (non-hydrogen) atoms. The van der Waals surface area contributed by atoms with E-state index in [4.69, 9.17) is 11.6 Å². The van der Waals surface area contributed by atoms with Crippen molar-refractivity contribution in [1.82, 2.24) is 5.32 Å². The number of hydrogen-bond donors (Lipinski definition) is 1. The fourth-order valence-electron chi connectivity index (χ4n) is 2.49. The third-order valence-electron chi connectivity index (χ3n) is 3.47. The van der Waals surface area contributed by atoms with Crippen molar-refractivity contribution in [2.45, 2.75) is 39.8 Å². The molecule has 2 atom stereocenters. The van der Waals surface area contributed by atoms with E-state index in [1.807, 2.05) is 18.3 Å². The highest BCUT2D eigenvalue weighted by Crippen LogP contribution is 2.30. The van der Waals surface area contributed by atoms with Crippen LogP contribution in [-0.2, 0) is 0 Å². The third kappa shape index (κ3) is 3.40. The number of nitrogens with one attached hydrogen (secondary N) is 1. The van der Waals surface area contributed by atoms with Gasteiger partial charge in [-0.3, -0.25) is 0 Å². The second kappa shape index (κ2) is 6.25. The summed E-state index contributed by atoms with van der Waals surface area (Å²) in [5.74, 6) is -0.302. The summed E-state index contributed by atoms with van der Waals surface area (Å²) in [5.41, 5.74) is 2.24. The molecule has 1 nitrogen and oxygen atoms in total. The molecular weight excluding hydrogens is 293 g/mol. The Labute approximate surface area is 128 Å². The number of benzene rings is 1. The zero-order valence-corrected chi connectivity index (χ0v) is 13.7. The van der Waals surface area contributed by atoms with E-state index in [9.17, 15) is 4.39 Å². The van der Waals surface area contributed by atoms with Gasteiger partial charge >= 0.3 is 0 Å². The first-order valence-corrected chi connectivity index (χ1v) is 7.86. The molecule has 1 aromatic heterocycles. The molecule has 0 spiro atoms. The number of thiophene rings is 1. The van der Waals surface area contributed by atoms with Crippen LogP contribution >= 0.6 is 22.9 Å². The summed E-state index contributed by atoms with van der Waals surface area (Å²) in [6.07, 6.45) is 0. The molecule has 0 saturated heterocycles. The van der Waals surface area contributed by atoms with Gasteiger partial charge in [0.2, 0.25) is 0 Å². The lowest BCUT2D eigenvalue weighted by Gasteiger charge is -2.21. The van der Waals surface area contributed by atoms with E-state index in [0.29, 0.717) is 5.02 Å². The molecule has 0 aliphatic rings. The van der Waals surface area contributed by atoms with Crippen LogP contribution in [0.4, 0.5) is 4.39 Å². The van der Waals surface area contributed by atoms with Crippen LogP contribution in [0.25, 0.3) is 0 Å². The fraction of sp³-hybridized carbons (Fsp3) is 0.375. The van der Waals surface area contributed by atoms with E-state index in [1.54, 1.807) is 6.07 Å². The summed E-state index contributed by atoms with van der Waals surface area (Å²) in [6.45, 7) is 8.45. The predicted octanol–water partition coefficient (Wildman–Crippen LogP) is 5.57. The molecule has 1 heterocycles. The van der Waals surface area contributed by atoms with Gasteiger partial charge in [-0.25, -0.2) is 4.39 Å². The lowest BCUT2D eigenvalue weighted by Crippen LogP contribution is -2.22. The van der Waals surface area contributed by atoms with Gasteiger partial charge in [-0.15, -0.1) is 11.3 Å². The lowest BCUT2D eigenvalue weighted by molar-refractivity contribution is 0.493. The van der Waals surface area contributed by atoms with Crippen molar-refractivity contribution >= 4 is 22.9 Å². The molecule has 4 heteroatoms. The van der Waals surface area contributed by atoms with E-state index in [2.05, 4.69) is 32.2 Å². The van der Waals surface area contributed by atoms with Crippen LogP contribution in [0.5, 0.6) is 0 Å². The first kappa shape index (κ1) is 15.5. The van der Waals surface area contributed by atoms with Crippen LogP contribution < -0.4 is 5.32 Å². The van der Waals surface area contributed by atoms with Crippen molar-refractivity contribution in [2.24, 2.45) is 0 Å². The SMILES string of the molecule is Cc1cc(C(C)NC(C)c2ccc(F)cc2Cl)c(C)s1. The van der Waals surface area contributed by atoms with Gasteiger partial charge in [0.1, 0.15) is 5.82 Å². The average Bonchev–Trinajstić information content (AvgIpc) is 2.68. The molecular formula is C16H19ClFNS. The Morgan fingerprint density at radius 2 is 1.75 bits per heavy atom. The van der Waals surface area contributed by atoms with Gasteiger partial charge in [-0.05, 0) is 57.0 Å². The monoisotopic (exact) mass is 311 g/mol. The van der Waals surface area contributed by atoms with Gasteiger partial charge in [0.05, 0.1) is 0 Å². The van der Waals surface area contributed by atoms with Crippen molar-refractivity contribution in [1.29, 1.82) is 0 Å². The maximum atomic E-state index is 13.1. The Balaban J connectivity index is 2.14. The van der Waals surface area contributed by atoms with Gasteiger partial charge < -0.3 is 5.32 Å². The molecule has 108 valence electrons. The minimum Gasteiger partial charge on any atom is -0.304 e. The van der Waals surface area contributed by atoms with Crippen molar-refractivity contribution < 1.29 is 4.39 Å². The largest absolute Gasteiger partial charge is 0.304 e. The highest BCUT2D eigenvalue weighted by atomic mass is 35.5. The first-order valence-electron chi connectivity index (χ1n) is 6.66. The minimum atomic E-state index is -0.302. The zero-order valence-electron chi connectivity index (χ0n) is 12.1. The number of halogens is 2. The van der Waals surface area contributed by atoms with Crippen LogP contribution in [-0.4, -0.2) is 0 Å². The van der Waals surface area contributed by atoms with Crippen LogP contribution in [0.1, 0.15) is 46.8 Å². The minimum absolute atomic E-state index is 0.0673. The molecule has 2 aromatic rings. The quantitative estimate of drug-likeness (QED) is 0.778. The van der Waals surface area contributed by atoms with E-state index in [1.165, 1.54) is 27.5 Å². The van der Waals surface area contributed by atoms with Gasteiger partial charge in [-0.2, -0.15) is 0 Å². The van der Waals surface area contributed by atoms with E-state index in [-0.39, 0.29) is 17.9 Å². The van der Waals surface area contributed by atoms with Crippen LogP contribution in [0.3, 0.4) is 0 Å². The molecule has 0 radical (unpaired) electrons. The van der Waals surface area contributed by atoms with E-state index >= 15 is 0 Å². The number of rotatable bonds is 4. The molecule has 0 amide bonds. The molecule has 1 N–H and O–H groups in total. The van der Waals surface area contributed by atoms with Crippen LogP contribution in [0.15, 0.2) is 24.3 Å². The Bertz CT molecular complexity index is 609. The van der Waals surface area contributed by atoms with Crippen molar-refractivity contribution in [3.05, 3.63) is 56.0 Å². The normalized spacial score (nSPS) is 14.3. The van der Waals surface area contributed by atoms with Gasteiger partial charge in [0, 0.05) is 26.9 Å². The molecule has 0 bridgehead atoms. The summed E-state index contributed by atoms with van der Waals surface area (Å²) in [5, 5.41) is 3.99. The molecule has 0 saturated carbocycles. The molecule has 0 aliphatic carbocycles. The summed E-state index contributed by atoms with van der Waals surface area (Å²) in [6, 6.07) is 7.07. The van der Waals surface area contributed by atoms with E-state index < -0.39 is 0 Å². The summed E-state index contributed by atoms with van der Waals surface area (Å²) >= 11 is 7.92. The van der Waals surface area contributed by atoms with Crippen LogP contribution in [0, 0.1) is 19.7 Å². The van der Waals surface area contributed by atoms with Crippen molar-refractivity contribution in [2.75, 3.05) is 0 Å². The maximum Gasteiger partial charge on any atom is 0.124 e. The lowest BCUT2D eigenvalue weighted by atomic mass is 10.0. The predicted molar refractivity (Wildman–Crippen MR) is 85.2 cm³/mol. The molecule has 0 fully saturated rings. The zero-order chi connectivity index (χ0) is 14.9. The standard InChI is InChI=1S/C16H19ClFNS/c1-9-7-15(12(4)20-9)11(3)19-10(2)14-6-5-13(18)8-16(14)17/h5-8,10-11,19H,1-4H3. The molecule has 2 rings (SSSR count). The second-order valence-electron chi connectivity index (χ2n) is 5.14. The van der Waals surface area contributed by atoms with Gasteiger partial charge in [-0.1, -0.05) is 17.7 Å². The van der Waals surface area contributed by atoms with Crippen LogP contribution in [0.2, 0.25) is 5.02 Å². The Hall–Kier alpha value is -0.900. The second-order valence-corrected chi connectivity index (χ2v) is 7.01. The van der Waals surface area contributed by atoms with Gasteiger partial charge in [0.25, 0.3) is 0 Å². The van der Waals surface area contributed by atoms with Crippen molar-refractivity contribution in [3.63, 3.8) is 0 Å². The molecule has 0 aliphatic heterocycles. The maximum absolute atomic E-state index is 13.1. The topological polar surface area (TPSA) is 12.0 Å². The summed E-state index contributed by atoms with van der Waals surface area (Å²) in [7, 11) is 0. The van der Waals surface area contributed by atoms with Crippen molar-refractivity contribution in [3.8, 4) is 0 Å². The fourth-order valence-corrected chi connectivity index (χ4v) is 3.84. The first-order chi connectivity index (χ1) is 9.38. The Kier molecular flexibility index (Phi) is 4.84. The molecule has 2 unspecified atom stereocenters. The molecule has 1 aromatic carbocycles. The summed E-state index contributed by atoms with van der Waals surface area (Å²) in [4.78, 5) is 2.65. The Morgan fingerprint density at radius 1 is 1.10 bits per heavy atom. The number of hydrogen-bond acceptors (Lipinski definition) is 2. The average molecular weight is 312 g/mol. The smallest absolute Gasteiger partial charge is 0.124 e.